The van der Waals surface area contributed by atoms with Crippen LogP contribution < -0.4 is 10.4 Å². The van der Waals surface area contributed by atoms with Gasteiger partial charge in [-0.05, 0) is 40.4 Å². The van der Waals surface area contributed by atoms with Crippen molar-refractivity contribution in [1.29, 1.82) is 0 Å². The van der Waals surface area contributed by atoms with E-state index in [0.717, 1.165) is 11.1 Å². The van der Waals surface area contributed by atoms with Gasteiger partial charge in [0.25, 0.3) is 8.32 Å². The Morgan fingerprint density at radius 1 is 0.757 bits per heavy atom. The summed E-state index contributed by atoms with van der Waals surface area (Å²) >= 11 is 0. The van der Waals surface area contributed by atoms with Gasteiger partial charge in [0.2, 0.25) is 0 Å². The van der Waals surface area contributed by atoms with Crippen LogP contribution in [0.25, 0.3) is 0 Å². The molecular formula is C32H38O4Si. The molecule has 0 radical (unpaired) electrons. The van der Waals surface area contributed by atoms with Gasteiger partial charge in [0, 0.05) is 0 Å². The highest BCUT2D eigenvalue weighted by Crippen LogP contribution is 2.44. The van der Waals surface area contributed by atoms with Crippen LogP contribution in [0, 0.1) is 0 Å². The average molecular weight is 515 g/mol. The van der Waals surface area contributed by atoms with Gasteiger partial charge in [-0.1, -0.05) is 118 Å². The molecule has 1 heterocycles. The SMILES string of the molecule is CC1(C)O[C@H]2[C@@H](O[Si](c3ccccc3)(c3ccccc3)C(C)(C)C)C=C(COCc3ccccc3)[C@H]2O1. The number of fused-ring (bicyclic) bond motifs is 1. The number of benzene rings is 3. The van der Waals surface area contributed by atoms with Crippen LogP contribution in [0.3, 0.4) is 0 Å². The fourth-order valence-corrected chi connectivity index (χ4v) is 10.3. The van der Waals surface area contributed by atoms with E-state index >= 15 is 0 Å². The first-order valence-electron chi connectivity index (χ1n) is 13.2. The molecule has 1 saturated heterocycles. The third-order valence-electron chi connectivity index (χ3n) is 7.31. The van der Waals surface area contributed by atoms with Gasteiger partial charge in [0.05, 0.1) is 19.3 Å². The van der Waals surface area contributed by atoms with Crippen molar-refractivity contribution >= 4 is 18.7 Å². The lowest BCUT2D eigenvalue weighted by atomic mass is 10.1. The maximum atomic E-state index is 7.44. The summed E-state index contributed by atoms with van der Waals surface area (Å²) in [5.41, 5.74) is 2.25. The van der Waals surface area contributed by atoms with Crippen molar-refractivity contribution in [3.8, 4) is 0 Å². The number of ether oxygens (including phenoxy) is 3. The molecule has 1 fully saturated rings. The van der Waals surface area contributed by atoms with E-state index in [0.29, 0.717) is 13.2 Å². The lowest BCUT2D eigenvalue weighted by Crippen LogP contribution is -2.68. The largest absolute Gasteiger partial charge is 0.398 e. The second-order valence-electron chi connectivity index (χ2n) is 11.5. The normalized spacial score (nSPS) is 23.1. The highest BCUT2D eigenvalue weighted by atomic mass is 28.4. The molecule has 0 aromatic heterocycles. The molecule has 37 heavy (non-hydrogen) atoms. The summed E-state index contributed by atoms with van der Waals surface area (Å²) in [6.07, 6.45) is 1.56. The number of hydrogen-bond donors (Lipinski definition) is 0. The van der Waals surface area contributed by atoms with E-state index in [-0.39, 0.29) is 23.4 Å². The van der Waals surface area contributed by atoms with E-state index in [1.807, 2.05) is 32.0 Å². The molecule has 0 saturated carbocycles. The Morgan fingerprint density at radius 2 is 1.30 bits per heavy atom. The summed E-state index contributed by atoms with van der Waals surface area (Å²) in [7, 11) is -2.76. The molecule has 4 nitrogen and oxygen atoms in total. The van der Waals surface area contributed by atoms with Crippen LogP contribution in [0.15, 0.2) is 103 Å². The van der Waals surface area contributed by atoms with Crippen LogP contribution in [-0.2, 0) is 25.2 Å². The minimum Gasteiger partial charge on any atom is -0.398 e. The predicted octanol–water partition coefficient (Wildman–Crippen LogP) is 5.61. The van der Waals surface area contributed by atoms with Gasteiger partial charge < -0.3 is 18.6 Å². The van der Waals surface area contributed by atoms with Crippen molar-refractivity contribution in [1.82, 2.24) is 0 Å². The van der Waals surface area contributed by atoms with Gasteiger partial charge >= 0.3 is 0 Å². The molecule has 0 unspecified atom stereocenters. The quantitative estimate of drug-likeness (QED) is 0.289. The standard InChI is InChI=1S/C32H38O4Si/c1-31(2,3)37(26-17-11-7-12-18-26,27-19-13-8-14-20-27)36-28-21-25(29-30(28)35-32(4,5)34-29)23-33-22-24-15-9-6-10-16-24/h6-21,28-30H,22-23H2,1-5H3/t28-,29+,30-/m0/s1. The molecule has 0 N–H and O–H groups in total. The van der Waals surface area contributed by atoms with E-state index < -0.39 is 14.1 Å². The van der Waals surface area contributed by atoms with Gasteiger partial charge in [-0.15, -0.1) is 0 Å². The third kappa shape index (κ3) is 5.24. The Kier molecular flexibility index (Phi) is 7.27. The molecule has 3 aromatic rings. The maximum absolute atomic E-state index is 7.44. The Bertz CT molecular complexity index is 1160. The van der Waals surface area contributed by atoms with E-state index in [1.165, 1.54) is 10.4 Å². The van der Waals surface area contributed by atoms with Gasteiger partial charge in [0.15, 0.2) is 5.79 Å². The zero-order chi connectivity index (χ0) is 26.1. The molecule has 0 bridgehead atoms. The smallest absolute Gasteiger partial charge is 0.262 e. The summed E-state index contributed by atoms with van der Waals surface area (Å²) in [6.45, 7) is 11.9. The topological polar surface area (TPSA) is 36.9 Å². The Hall–Kier alpha value is -2.54. The molecule has 1 aliphatic carbocycles. The van der Waals surface area contributed by atoms with Crippen molar-refractivity contribution in [2.75, 3.05) is 6.61 Å². The fraction of sp³-hybridized carbons (Fsp3) is 0.375. The maximum Gasteiger partial charge on any atom is 0.262 e. The molecule has 3 aromatic carbocycles. The zero-order valence-electron chi connectivity index (χ0n) is 22.5. The zero-order valence-corrected chi connectivity index (χ0v) is 23.5. The summed E-state index contributed by atoms with van der Waals surface area (Å²) in [5, 5.41) is 2.39. The number of rotatable bonds is 8. The summed E-state index contributed by atoms with van der Waals surface area (Å²) in [5.74, 6) is -0.679. The van der Waals surface area contributed by atoms with Gasteiger partial charge in [0.1, 0.15) is 12.2 Å². The second-order valence-corrected chi connectivity index (χ2v) is 15.7. The summed E-state index contributed by atoms with van der Waals surface area (Å²) in [4.78, 5) is 0. The first-order valence-corrected chi connectivity index (χ1v) is 15.1. The van der Waals surface area contributed by atoms with Crippen LogP contribution in [0.1, 0.15) is 40.2 Å². The van der Waals surface area contributed by atoms with E-state index in [1.54, 1.807) is 0 Å². The summed E-state index contributed by atoms with van der Waals surface area (Å²) < 4.78 is 26.5. The van der Waals surface area contributed by atoms with Crippen LogP contribution in [-0.4, -0.2) is 39.0 Å². The van der Waals surface area contributed by atoms with Crippen LogP contribution >= 0.6 is 0 Å². The minimum absolute atomic E-state index is 0.124. The van der Waals surface area contributed by atoms with Crippen LogP contribution in [0.4, 0.5) is 0 Å². The third-order valence-corrected chi connectivity index (χ3v) is 12.3. The number of hydrogen-bond acceptors (Lipinski definition) is 4. The monoisotopic (exact) mass is 514 g/mol. The first-order chi connectivity index (χ1) is 17.7. The Balaban J connectivity index is 1.50. The van der Waals surface area contributed by atoms with Crippen molar-refractivity contribution in [2.45, 2.75) is 70.4 Å². The second kappa shape index (κ2) is 10.3. The Labute approximate surface area is 222 Å². The van der Waals surface area contributed by atoms with E-state index in [2.05, 4.69) is 99.6 Å². The highest BCUT2D eigenvalue weighted by molar-refractivity contribution is 6.99. The van der Waals surface area contributed by atoms with Crippen molar-refractivity contribution in [2.24, 2.45) is 0 Å². The fourth-order valence-electron chi connectivity index (χ4n) is 5.70. The summed E-state index contributed by atoms with van der Waals surface area (Å²) in [6, 6.07) is 31.7. The molecule has 5 rings (SSSR count). The minimum atomic E-state index is -2.76. The van der Waals surface area contributed by atoms with Crippen molar-refractivity contribution in [3.05, 3.63) is 108 Å². The van der Waals surface area contributed by atoms with Crippen LogP contribution in [0.2, 0.25) is 5.04 Å². The van der Waals surface area contributed by atoms with Gasteiger partial charge in [-0.3, -0.25) is 0 Å². The molecule has 1 aliphatic heterocycles. The molecule has 0 spiro atoms. The molecule has 2 aliphatic rings. The van der Waals surface area contributed by atoms with Gasteiger partial charge in [-0.25, -0.2) is 0 Å². The highest BCUT2D eigenvalue weighted by Gasteiger charge is 2.56. The van der Waals surface area contributed by atoms with Crippen LogP contribution in [0.5, 0.6) is 0 Å². The Morgan fingerprint density at radius 3 is 1.84 bits per heavy atom. The predicted molar refractivity (Wildman–Crippen MR) is 150 cm³/mol. The van der Waals surface area contributed by atoms with Gasteiger partial charge in [-0.2, -0.15) is 0 Å². The van der Waals surface area contributed by atoms with E-state index in [9.17, 15) is 0 Å². The van der Waals surface area contributed by atoms with Crippen molar-refractivity contribution < 1.29 is 18.6 Å². The lowest BCUT2D eigenvalue weighted by Gasteiger charge is -2.45. The molecule has 0 amide bonds. The molecule has 3 atom stereocenters. The van der Waals surface area contributed by atoms with E-state index in [4.69, 9.17) is 18.6 Å². The lowest BCUT2D eigenvalue weighted by molar-refractivity contribution is -0.152. The first kappa shape index (κ1) is 26.1. The molecule has 194 valence electrons. The van der Waals surface area contributed by atoms with Crippen molar-refractivity contribution in [3.63, 3.8) is 0 Å². The average Bonchev–Trinajstić information content (AvgIpc) is 3.36. The molecule has 5 heteroatoms. The molecular weight excluding hydrogens is 476 g/mol.